The summed E-state index contributed by atoms with van der Waals surface area (Å²) in [7, 11) is 3.27. The van der Waals surface area contributed by atoms with Crippen LogP contribution in [0.5, 0.6) is 11.5 Å². The third-order valence-corrected chi connectivity index (χ3v) is 5.09. The van der Waals surface area contributed by atoms with Crippen molar-refractivity contribution in [2.45, 2.75) is 20.3 Å². The van der Waals surface area contributed by atoms with E-state index in [1.807, 2.05) is 18.2 Å². The van der Waals surface area contributed by atoms with Crippen molar-refractivity contribution in [2.24, 2.45) is 0 Å². The standard InChI is InChI=1S/C20H22N2O2S/c1-5-18-19(14-8-6-13(2)7-9-14)22-20(25-18)21-15-10-11-16(23-3)17(12-15)24-4/h6-12H,5H2,1-4H3,(H,21,22). The predicted octanol–water partition coefficient (Wildman–Crippen LogP) is 5.44. The first-order chi connectivity index (χ1) is 12.1. The molecule has 2 aromatic carbocycles. The molecule has 4 nitrogen and oxygen atoms in total. The Bertz CT molecular complexity index is 857. The van der Waals surface area contributed by atoms with Crippen LogP contribution in [-0.4, -0.2) is 19.2 Å². The molecule has 3 rings (SSSR count). The van der Waals surface area contributed by atoms with Gasteiger partial charge in [-0.1, -0.05) is 36.8 Å². The van der Waals surface area contributed by atoms with Crippen molar-refractivity contribution in [2.75, 3.05) is 19.5 Å². The maximum atomic E-state index is 5.36. The SMILES string of the molecule is CCc1sc(Nc2ccc(OC)c(OC)c2)nc1-c1ccc(C)cc1. The maximum absolute atomic E-state index is 5.36. The van der Waals surface area contributed by atoms with Gasteiger partial charge >= 0.3 is 0 Å². The van der Waals surface area contributed by atoms with Gasteiger partial charge in [-0.3, -0.25) is 0 Å². The molecule has 0 saturated heterocycles. The molecule has 0 saturated carbocycles. The van der Waals surface area contributed by atoms with Gasteiger partial charge in [0, 0.05) is 22.2 Å². The molecule has 1 aromatic heterocycles. The molecule has 25 heavy (non-hydrogen) atoms. The van der Waals surface area contributed by atoms with Crippen molar-refractivity contribution in [3.05, 3.63) is 52.9 Å². The highest BCUT2D eigenvalue weighted by Gasteiger charge is 2.13. The number of nitrogens with one attached hydrogen (secondary N) is 1. The summed E-state index contributed by atoms with van der Waals surface area (Å²) >= 11 is 1.68. The fraction of sp³-hybridized carbons (Fsp3) is 0.250. The summed E-state index contributed by atoms with van der Waals surface area (Å²) in [6, 6.07) is 14.3. The molecule has 0 unspecified atom stereocenters. The molecule has 0 atom stereocenters. The van der Waals surface area contributed by atoms with Crippen molar-refractivity contribution in [3.63, 3.8) is 0 Å². The normalized spacial score (nSPS) is 10.6. The third kappa shape index (κ3) is 3.77. The van der Waals surface area contributed by atoms with E-state index < -0.39 is 0 Å². The first-order valence-corrected chi connectivity index (χ1v) is 9.02. The topological polar surface area (TPSA) is 43.4 Å². The van der Waals surface area contributed by atoms with E-state index in [-0.39, 0.29) is 0 Å². The molecule has 0 spiro atoms. The number of hydrogen-bond donors (Lipinski definition) is 1. The Morgan fingerprint density at radius 1 is 1.00 bits per heavy atom. The number of aryl methyl sites for hydroxylation is 2. The van der Waals surface area contributed by atoms with Crippen LogP contribution in [0, 0.1) is 6.92 Å². The van der Waals surface area contributed by atoms with Gasteiger partial charge < -0.3 is 14.8 Å². The molecular weight excluding hydrogens is 332 g/mol. The lowest BCUT2D eigenvalue weighted by molar-refractivity contribution is 0.355. The summed E-state index contributed by atoms with van der Waals surface area (Å²) in [6.07, 6.45) is 0.953. The zero-order valence-electron chi connectivity index (χ0n) is 14.9. The average molecular weight is 354 g/mol. The van der Waals surface area contributed by atoms with E-state index in [2.05, 4.69) is 43.4 Å². The number of methoxy groups -OCH3 is 2. The van der Waals surface area contributed by atoms with E-state index in [1.165, 1.54) is 10.4 Å². The molecule has 0 amide bonds. The van der Waals surface area contributed by atoms with Crippen molar-refractivity contribution in [1.82, 2.24) is 4.98 Å². The molecule has 0 aliphatic heterocycles. The van der Waals surface area contributed by atoms with Crippen LogP contribution >= 0.6 is 11.3 Å². The second-order valence-electron chi connectivity index (χ2n) is 5.71. The average Bonchev–Trinajstić information content (AvgIpc) is 3.05. The largest absolute Gasteiger partial charge is 0.493 e. The molecule has 0 fully saturated rings. The van der Waals surface area contributed by atoms with Gasteiger partial charge in [-0.25, -0.2) is 4.98 Å². The first kappa shape index (κ1) is 17.3. The van der Waals surface area contributed by atoms with E-state index in [1.54, 1.807) is 25.6 Å². The minimum atomic E-state index is 0.693. The summed E-state index contributed by atoms with van der Waals surface area (Å²) in [5, 5.41) is 4.25. The Hall–Kier alpha value is -2.53. The minimum absolute atomic E-state index is 0.693. The zero-order chi connectivity index (χ0) is 17.8. The van der Waals surface area contributed by atoms with Crippen LogP contribution in [0.25, 0.3) is 11.3 Å². The van der Waals surface area contributed by atoms with Gasteiger partial charge in [0.2, 0.25) is 0 Å². The Morgan fingerprint density at radius 2 is 1.72 bits per heavy atom. The van der Waals surface area contributed by atoms with Crippen molar-refractivity contribution < 1.29 is 9.47 Å². The highest BCUT2D eigenvalue weighted by atomic mass is 32.1. The maximum Gasteiger partial charge on any atom is 0.187 e. The second kappa shape index (κ2) is 7.57. The van der Waals surface area contributed by atoms with Crippen LogP contribution in [0.1, 0.15) is 17.4 Å². The van der Waals surface area contributed by atoms with E-state index in [4.69, 9.17) is 14.5 Å². The second-order valence-corrected chi connectivity index (χ2v) is 6.79. The van der Waals surface area contributed by atoms with Crippen molar-refractivity contribution in [1.29, 1.82) is 0 Å². The van der Waals surface area contributed by atoms with Crippen LogP contribution in [0.3, 0.4) is 0 Å². The molecule has 0 aliphatic carbocycles. The third-order valence-electron chi connectivity index (χ3n) is 3.98. The Labute approximate surface area is 152 Å². The Morgan fingerprint density at radius 3 is 2.36 bits per heavy atom. The quantitative estimate of drug-likeness (QED) is 0.640. The molecule has 5 heteroatoms. The lowest BCUT2D eigenvalue weighted by Gasteiger charge is -2.09. The summed E-state index contributed by atoms with van der Waals surface area (Å²) in [5.41, 5.74) is 4.37. The van der Waals surface area contributed by atoms with Gasteiger partial charge in [-0.2, -0.15) is 0 Å². The fourth-order valence-electron chi connectivity index (χ4n) is 2.62. The van der Waals surface area contributed by atoms with Gasteiger partial charge in [-0.05, 0) is 25.5 Å². The van der Waals surface area contributed by atoms with E-state index in [9.17, 15) is 0 Å². The summed E-state index contributed by atoms with van der Waals surface area (Å²) in [4.78, 5) is 6.08. The Kier molecular flexibility index (Phi) is 5.24. The van der Waals surface area contributed by atoms with Crippen LogP contribution in [0.2, 0.25) is 0 Å². The molecule has 130 valence electrons. The lowest BCUT2D eigenvalue weighted by atomic mass is 10.1. The summed E-state index contributed by atoms with van der Waals surface area (Å²) < 4.78 is 10.6. The number of anilines is 2. The number of nitrogens with zero attached hydrogens (tertiary/aromatic N) is 1. The number of ether oxygens (including phenoxy) is 2. The number of thiazole rings is 1. The highest BCUT2D eigenvalue weighted by Crippen LogP contribution is 2.35. The van der Waals surface area contributed by atoms with E-state index in [0.717, 1.165) is 28.5 Å². The van der Waals surface area contributed by atoms with E-state index in [0.29, 0.717) is 11.5 Å². The van der Waals surface area contributed by atoms with Crippen molar-refractivity contribution in [3.8, 4) is 22.8 Å². The molecule has 1 N–H and O–H groups in total. The molecule has 0 bridgehead atoms. The first-order valence-electron chi connectivity index (χ1n) is 8.20. The van der Waals surface area contributed by atoms with E-state index >= 15 is 0 Å². The number of rotatable bonds is 6. The summed E-state index contributed by atoms with van der Waals surface area (Å²) in [5.74, 6) is 1.40. The lowest BCUT2D eigenvalue weighted by Crippen LogP contribution is -1.94. The minimum Gasteiger partial charge on any atom is -0.493 e. The van der Waals surface area contributed by atoms with Gasteiger partial charge in [0.15, 0.2) is 16.6 Å². The smallest absolute Gasteiger partial charge is 0.187 e. The van der Waals surface area contributed by atoms with Crippen LogP contribution in [0.15, 0.2) is 42.5 Å². The summed E-state index contributed by atoms with van der Waals surface area (Å²) in [6.45, 7) is 4.25. The Balaban J connectivity index is 1.90. The molecular formula is C20H22N2O2S. The number of aromatic nitrogens is 1. The van der Waals surface area contributed by atoms with Crippen LogP contribution in [-0.2, 0) is 6.42 Å². The number of benzene rings is 2. The van der Waals surface area contributed by atoms with Gasteiger partial charge in [0.25, 0.3) is 0 Å². The van der Waals surface area contributed by atoms with Gasteiger partial charge in [0.05, 0.1) is 19.9 Å². The molecule has 0 radical (unpaired) electrons. The monoisotopic (exact) mass is 354 g/mol. The highest BCUT2D eigenvalue weighted by molar-refractivity contribution is 7.16. The van der Waals surface area contributed by atoms with Crippen molar-refractivity contribution >= 4 is 22.2 Å². The molecule has 0 aliphatic rings. The zero-order valence-corrected chi connectivity index (χ0v) is 15.7. The molecule has 3 aromatic rings. The fourth-order valence-corrected chi connectivity index (χ4v) is 3.56. The van der Waals surface area contributed by atoms with Crippen LogP contribution < -0.4 is 14.8 Å². The predicted molar refractivity (Wildman–Crippen MR) is 104 cm³/mol. The van der Waals surface area contributed by atoms with Gasteiger partial charge in [0.1, 0.15) is 0 Å². The van der Waals surface area contributed by atoms with Gasteiger partial charge in [-0.15, -0.1) is 11.3 Å². The molecule has 1 heterocycles. The van der Waals surface area contributed by atoms with Crippen LogP contribution in [0.4, 0.5) is 10.8 Å². The number of hydrogen-bond acceptors (Lipinski definition) is 5.